The molecule has 0 aliphatic carbocycles. The first-order valence-corrected chi connectivity index (χ1v) is 6.71. The molecular formula is C14H22N2O3. The summed E-state index contributed by atoms with van der Waals surface area (Å²) in [5.74, 6) is 0.603. The molecule has 106 valence electrons. The van der Waals surface area contributed by atoms with Crippen LogP contribution >= 0.6 is 0 Å². The third-order valence-electron chi connectivity index (χ3n) is 3.75. The summed E-state index contributed by atoms with van der Waals surface area (Å²) in [7, 11) is 5.46. The van der Waals surface area contributed by atoms with Gasteiger partial charge in [0.15, 0.2) is 5.76 Å². The van der Waals surface area contributed by atoms with Gasteiger partial charge in [0, 0.05) is 25.7 Å². The zero-order valence-corrected chi connectivity index (χ0v) is 11.9. The normalized spacial score (nSPS) is 20.3. The van der Waals surface area contributed by atoms with Crippen molar-refractivity contribution in [1.82, 2.24) is 9.80 Å². The molecule has 5 heteroatoms. The summed E-state index contributed by atoms with van der Waals surface area (Å²) in [5, 5.41) is 0. The second-order valence-corrected chi connectivity index (χ2v) is 5.14. The molecule has 1 unspecified atom stereocenters. The van der Waals surface area contributed by atoms with Crippen LogP contribution in [0.2, 0.25) is 0 Å². The van der Waals surface area contributed by atoms with Gasteiger partial charge in [-0.05, 0) is 32.5 Å². The molecule has 1 aromatic rings. The van der Waals surface area contributed by atoms with Crippen LogP contribution in [0.15, 0.2) is 16.5 Å². The molecule has 1 saturated heterocycles. The number of carbonyl (C=O) groups excluding carboxylic acids is 1. The number of piperidine rings is 1. The number of hydrogen-bond acceptors (Lipinski definition) is 4. The second-order valence-electron chi connectivity index (χ2n) is 5.14. The molecule has 0 aromatic carbocycles. The van der Waals surface area contributed by atoms with Crippen molar-refractivity contribution in [3.63, 3.8) is 0 Å². The molecule has 5 nitrogen and oxygen atoms in total. The van der Waals surface area contributed by atoms with E-state index < -0.39 is 0 Å². The maximum Gasteiger partial charge on any atom is 0.289 e. The number of furan rings is 1. The van der Waals surface area contributed by atoms with Gasteiger partial charge in [-0.1, -0.05) is 6.42 Å². The van der Waals surface area contributed by atoms with E-state index in [1.165, 1.54) is 20.0 Å². The lowest BCUT2D eigenvalue weighted by molar-refractivity contribution is 0.0681. The van der Waals surface area contributed by atoms with Crippen molar-refractivity contribution >= 4 is 5.91 Å². The third-order valence-corrected chi connectivity index (χ3v) is 3.75. The van der Waals surface area contributed by atoms with Crippen molar-refractivity contribution in [2.24, 2.45) is 0 Å². The number of hydrogen-bond donors (Lipinski definition) is 0. The second kappa shape index (κ2) is 6.10. The number of ether oxygens (including phenoxy) is 1. The van der Waals surface area contributed by atoms with Gasteiger partial charge in [0.2, 0.25) is 0 Å². The Bertz CT molecular complexity index is 430. The zero-order valence-electron chi connectivity index (χ0n) is 11.9. The molecule has 0 N–H and O–H groups in total. The van der Waals surface area contributed by atoms with E-state index in [9.17, 15) is 4.79 Å². The summed E-state index contributed by atoms with van der Waals surface area (Å²) in [5.41, 5.74) is 0. The van der Waals surface area contributed by atoms with Gasteiger partial charge in [0.25, 0.3) is 11.9 Å². The summed E-state index contributed by atoms with van der Waals surface area (Å²) >= 11 is 0. The van der Waals surface area contributed by atoms with Crippen LogP contribution in [0.4, 0.5) is 0 Å². The molecule has 0 spiro atoms. The topological polar surface area (TPSA) is 45.9 Å². The molecule has 1 amide bonds. The summed E-state index contributed by atoms with van der Waals surface area (Å²) in [4.78, 5) is 16.3. The Morgan fingerprint density at radius 3 is 2.95 bits per heavy atom. The van der Waals surface area contributed by atoms with Crippen LogP contribution in [0, 0.1) is 0 Å². The standard InChI is InChI=1S/C14H22N2O3/c1-15-9-5-4-6-11(15)10-16(2)14(17)12-7-8-13(18-3)19-12/h7-8,11H,4-6,9-10H2,1-3H3. The highest BCUT2D eigenvalue weighted by molar-refractivity contribution is 5.91. The number of carbonyl (C=O) groups is 1. The summed E-state index contributed by atoms with van der Waals surface area (Å²) in [6.07, 6.45) is 3.64. The largest absolute Gasteiger partial charge is 0.468 e. The van der Waals surface area contributed by atoms with Crippen LogP contribution in [0.25, 0.3) is 0 Å². The van der Waals surface area contributed by atoms with Crippen molar-refractivity contribution in [2.75, 3.05) is 34.3 Å². The Balaban J connectivity index is 1.94. The van der Waals surface area contributed by atoms with Crippen LogP contribution in [-0.2, 0) is 0 Å². The van der Waals surface area contributed by atoms with Gasteiger partial charge in [-0.2, -0.15) is 0 Å². The Kier molecular flexibility index (Phi) is 4.47. The summed E-state index contributed by atoms with van der Waals surface area (Å²) in [6, 6.07) is 3.76. The average molecular weight is 266 g/mol. The number of rotatable bonds is 4. The van der Waals surface area contributed by atoms with Crippen LogP contribution < -0.4 is 4.74 Å². The lowest BCUT2D eigenvalue weighted by Crippen LogP contribution is -2.45. The van der Waals surface area contributed by atoms with Crippen molar-refractivity contribution in [3.8, 4) is 5.95 Å². The quantitative estimate of drug-likeness (QED) is 0.834. The smallest absolute Gasteiger partial charge is 0.289 e. The van der Waals surface area contributed by atoms with Crippen LogP contribution in [0.5, 0.6) is 5.95 Å². The van der Waals surface area contributed by atoms with E-state index in [1.54, 1.807) is 17.0 Å². The van der Waals surface area contributed by atoms with Crippen molar-refractivity contribution in [1.29, 1.82) is 0 Å². The van der Waals surface area contributed by atoms with Gasteiger partial charge in [0.05, 0.1) is 7.11 Å². The van der Waals surface area contributed by atoms with Crippen LogP contribution in [-0.4, -0.2) is 56.0 Å². The van der Waals surface area contributed by atoms with E-state index >= 15 is 0 Å². The predicted molar refractivity (Wildman–Crippen MR) is 72.5 cm³/mol. The van der Waals surface area contributed by atoms with E-state index in [0.717, 1.165) is 19.5 Å². The Morgan fingerprint density at radius 2 is 2.32 bits per heavy atom. The molecular weight excluding hydrogens is 244 g/mol. The fourth-order valence-corrected chi connectivity index (χ4v) is 2.51. The van der Waals surface area contributed by atoms with E-state index in [1.807, 2.05) is 7.05 Å². The SMILES string of the molecule is COc1ccc(C(=O)N(C)CC2CCCCN2C)o1. The lowest BCUT2D eigenvalue weighted by Gasteiger charge is -2.34. The highest BCUT2D eigenvalue weighted by atomic mass is 16.6. The average Bonchev–Trinajstić information content (AvgIpc) is 2.89. The summed E-state index contributed by atoms with van der Waals surface area (Å²) < 4.78 is 10.3. The van der Waals surface area contributed by atoms with Crippen molar-refractivity contribution in [2.45, 2.75) is 25.3 Å². The van der Waals surface area contributed by atoms with Gasteiger partial charge < -0.3 is 19.0 Å². The van der Waals surface area contributed by atoms with Gasteiger partial charge >= 0.3 is 0 Å². The minimum absolute atomic E-state index is 0.0951. The first kappa shape index (κ1) is 13.9. The van der Waals surface area contributed by atoms with Gasteiger partial charge in [-0.15, -0.1) is 0 Å². The molecule has 0 radical (unpaired) electrons. The molecule has 1 aliphatic rings. The number of amides is 1. The molecule has 1 aromatic heterocycles. The van der Waals surface area contributed by atoms with Crippen molar-refractivity contribution < 1.29 is 13.9 Å². The highest BCUT2D eigenvalue weighted by Crippen LogP contribution is 2.19. The molecule has 2 rings (SSSR count). The predicted octanol–water partition coefficient (Wildman–Crippen LogP) is 1.84. The highest BCUT2D eigenvalue weighted by Gasteiger charge is 2.24. The Morgan fingerprint density at radius 1 is 1.53 bits per heavy atom. The molecule has 2 heterocycles. The molecule has 1 aliphatic heterocycles. The van der Waals surface area contributed by atoms with E-state index in [4.69, 9.17) is 9.15 Å². The molecule has 1 fully saturated rings. The van der Waals surface area contributed by atoms with Gasteiger partial charge in [0.1, 0.15) is 0 Å². The van der Waals surface area contributed by atoms with Crippen molar-refractivity contribution in [3.05, 3.63) is 17.9 Å². The number of likely N-dealkylation sites (N-methyl/N-ethyl adjacent to an activating group) is 2. The lowest BCUT2D eigenvalue weighted by atomic mass is 10.0. The van der Waals surface area contributed by atoms with Gasteiger partial charge in [-0.25, -0.2) is 0 Å². The summed E-state index contributed by atoms with van der Waals surface area (Å²) in [6.45, 7) is 1.85. The van der Waals surface area contributed by atoms with E-state index in [-0.39, 0.29) is 5.91 Å². The fourth-order valence-electron chi connectivity index (χ4n) is 2.51. The van der Waals surface area contributed by atoms with Crippen LogP contribution in [0.3, 0.4) is 0 Å². The third kappa shape index (κ3) is 3.29. The van der Waals surface area contributed by atoms with E-state index in [2.05, 4.69) is 11.9 Å². The monoisotopic (exact) mass is 266 g/mol. The number of likely N-dealkylation sites (tertiary alicyclic amines) is 1. The van der Waals surface area contributed by atoms with Crippen LogP contribution in [0.1, 0.15) is 29.8 Å². The number of nitrogens with zero attached hydrogens (tertiary/aromatic N) is 2. The zero-order chi connectivity index (χ0) is 13.8. The minimum Gasteiger partial charge on any atom is -0.468 e. The first-order valence-electron chi connectivity index (χ1n) is 6.71. The fraction of sp³-hybridized carbons (Fsp3) is 0.643. The maximum atomic E-state index is 12.2. The number of methoxy groups -OCH3 is 1. The molecule has 0 bridgehead atoms. The molecule has 0 saturated carbocycles. The Labute approximate surface area is 114 Å². The van der Waals surface area contributed by atoms with Gasteiger partial charge in [-0.3, -0.25) is 4.79 Å². The first-order chi connectivity index (χ1) is 9.11. The van der Waals surface area contributed by atoms with E-state index in [0.29, 0.717) is 17.7 Å². The molecule has 1 atom stereocenters. The molecule has 19 heavy (non-hydrogen) atoms. The minimum atomic E-state index is -0.0951. The maximum absolute atomic E-state index is 12.2. The Hall–Kier alpha value is -1.49.